The Morgan fingerprint density at radius 1 is 1.45 bits per heavy atom. The standard InChI is InChI=1S/C13H18N2O3S2/c1-3-10-4-5-19-13(10)7-14-20(17,18)12-6-11(9-16)15(2)8-12/h4-6,8,14,16H,3,7,9H2,1-2H3. The minimum atomic E-state index is -3.55. The highest BCUT2D eigenvalue weighted by atomic mass is 32.2. The molecule has 0 aromatic carbocycles. The molecule has 5 nitrogen and oxygen atoms in total. The molecule has 0 aliphatic rings. The molecule has 0 atom stereocenters. The van der Waals surface area contributed by atoms with Crippen molar-refractivity contribution >= 4 is 21.4 Å². The van der Waals surface area contributed by atoms with Crippen molar-refractivity contribution in [3.63, 3.8) is 0 Å². The van der Waals surface area contributed by atoms with Crippen molar-refractivity contribution in [2.75, 3.05) is 0 Å². The third-order valence-corrected chi connectivity index (χ3v) is 5.53. The molecule has 2 rings (SSSR count). The number of sulfonamides is 1. The topological polar surface area (TPSA) is 71.3 Å². The van der Waals surface area contributed by atoms with E-state index in [1.807, 2.05) is 18.4 Å². The SMILES string of the molecule is CCc1ccsc1CNS(=O)(=O)c1cc(CO)n(C)c1. The van der Waals surface area contributed by atoms with E-state index in [0.29, 0.717) is 12.2 Å². The number of rotatable bonds is 6. The van der Waals surface area contributed by atoms with Crippen molar-refractivity contribution in [2.24, 2.45) is 7.05 Å². The summed E-state index contributed by atoms with van der Waals surface area (Å²) in [5.41, 5.74) is 1.73. The monoisotopic (exact) mass is 314 g/mol. The molecule has 0 saturated carbocycles. The van der Waals surface area contributed by atoms with Gasteiger partial charge in [-0.25, -0.2) is 13.1 Å². The Balaban J connectivity index is 2.15. The zero-order chi connectivity index (χ0) is 14.8. The summed E-state index contributed by atoms with van der Waals surface area (Å²) in [5.74, 6) is 0. The number of hydrogen-bond donors (Lipinski definition) is 2. The zero-order valence-corrected chi connectivity index (χ0v) is 13.1. The van der Waals surface area contributed by atoms with E-state index in [4.69, 9.17) is 5.11 Å². The summed E-state index contributed by atoms with van der Waals surface area (Å²) < 4.78 is 28.6. The average molecular weight is 314 g/mol. The highest BCUT2D eigenvalue weighted by molar-refractivity contribution is 7.89. The van der Waals surface area contributed by atoms with Crippen molar-refractivity contribution in [1.29, 1.82) is 0 Å². The van der Waals surface area contributed by atoms with Crippen LogP contribution in [0.15, 0.2) is 28.6 Å². The molecule has 0 bridgehead atoms. The Labute approximate surface area is 122 Å². The third-order valence-electron chi connectivity index (χ3n) is 3.20. The first-order chi connectivity index (χ1) is 9.47. The number of hydrogen-bond acceptors (Lipinski definition) is 4. The first-order valence-electron chi connectivity index (χ1n) is 6.29. The molecular weight excluding hydrogens is 296 g/mol. The third kappa shape index (κ3) is 3.12. The summed E-state index contributed by atoms with van der Waals surface area (Å²) in [6, 6.07) is 3.50. The maximum absolute atomic E-state index is 12.2. The molecule has 0 fully saturated rings. The molecule has 0 aliphatic carbocycles. The van der Waals surface area contributed by atoms with Crippen molar-refractivity contribution in [3.05, 3.63) is 39.8 Å². The van der Waals surface area contributed by atoms with E-state index in [2.05, 4.69) is 4.72 Å². The fourth-order valence-corrected chi connectivity index (χ4v) is 4.06. The first kappa shape index (κ1) is 15.2. The lowest BCUT2D eigenvalue weighted by Gasteiger charge is -2.05. The van der Waals surface area contributed by atoms with Crippen molar-refractivity contribution in [3.8, 4) is 0 Å². The fraction of sp³-hybridized carbons (Fsp3) is 0.385. The summed E-state index contributed by atoms with van der Waals surface area (Å²) in [5, 5.41) is 11.1. The maximum Gasteiger partial charge on any atom is 0.242 e. The van der Waals surface area contributed by atoms with Gasteiger partial charge >= 0.3 is 0 Å². The molecule has 0 unspecified atom stereocenters. The lowest BCUT2D eigenvalue weighted by Crippen LogP contribution is -2.22. The van der Waals surface area contributed by atoms with Crippen LogP contribution in [-0.4, -0.2) is 18.1 Å². The summed E-state index contributed by atoms with van der Waals surface area (Å²) in [7, 11) is -1.84. The van der Waals surface area contributed by atoms with Gasteiger partial charge in [0.05, 0.1) is 11.5 Å². The van der Waals surface area contributed by atoms with E-state index in [1.165, 1.54) is 17.8 Å². The number of aliphatic hydroxyl groups is 1. The number of aromatic nitrogens is 1. The highest BCUT2D eigenvalue weighted by Crippen LogP contribution is 2.19. The number of aliphatic hydroxyl groups excluding tert-OH is 1. The first-order valence-corrected chi connectivity index (χ1v) is 8.65. The fourth-order valence-electron chi connectivity index (χ4n) is 1.96. The molecule has 0 saturated heterocycles. The largest absolute Gasteiger partial charge is 0.390 e. The van der Waals surface area contributed by atoms with Gasteiger partial charge in [0.25, 0.3) is 0 Å². The lowest BCUT2D eigenvalue weighted by molar-refractivity contribution is 0.272. The zero-order valence-electron chi connectivity index (χ0n) is 11.5. The summed E-state index contributed by atoms with van der Waals surface area (Å²) >= 11 is 1.55. The number of nitrogens with zero attached hydrogens (tertiary/aromatic N) is 1. The Bertz CT molecular complexity index is 686. The molecule has 0 aliphatic heterocycles. The van der Waals surface area contributed by atoms with Gasteiger partial charge in [-0.05, 0) is 29.5 Å². The second-order valence-corrected chi connectivity index (χ2v) is 7.25. The van der Waals surface area contributed by atoms with Gasteiger partial charge in [-0.3, -0.25) is 0 Å². The van der Waals surface area contributed by atoms with Crippen LogP contribution in [0.3, 0.4) is 0 Å². The minimum absolute atomic E-state index is 0.179. The molecular formula is C13H18N2O3S2. The molecule has 2 heterocycles. The van der Waals surface area contributed by atoms with Crippen LogP contribution in [0.1, 0.15) is 23.1 Å². The van der Waals surface area contributed by atoms with E-state index in [0.717, 1.165) is 11.3 Å². The van der Waals surface area contributed by atoms with E-state index in [1.54, 1.807) is 23.0 Å². The quantitative estimate of drug-likeness (QED) is 0.851. The number of thiophene rings is 1. The van der Waals surface area contributed by atoms with Crippen molar-refractivity contribution in [1.82, 2.24) is 9.29 Å². The second-order valence-electron chi connectivity index (χ2n) is 4.48. The summed E-state index contributed by atoms with van der Waals surface area (Å²) in [6.07, 6.45) is 2.39. The van der Waals surface area contributed by atoms with Gasteiger partial charge < -0.3 is 9.67 Å². The van der Waals surface area contributed by atoms with Gasteiger partial charge in [0, 0.05) is 30.4 Å². The molecule has 0 amide bonds. The Kier molecular flexibility index (Phi) is 4.64. The predicted molar refractivity (Wildman–Crippen MR) is 79.1 cm³/mol. The average Bonchev–Trinajstić information content (AvgIpc) is 3.02. The van der Waals surface area contributed by atoms with E-state index in [-0.39, 0.29) is 11.5 Å². The molecule has 2 aromatic rings. The molecule has 2 aromatic heterocycles. The van der Waals surface area contributed by atoms with Gasteiger partial charge in [-0.1, -0.05) is 6.92 Å². The molecule has 20 heavy (non-hydrogen) atoms. The molecule has 2 N–H and O–H groups in total. The lowest BCUT2D eigenvalue weighted by atomic mass is 10.2. The smallest absolute Gasteiger partial charge is 0.242 e. The van der Waals surface area contributed by atoms with Crippen LogP contribution in [0.5, 0.6) is 0 Å². The molecule has 7 heteroatoms. The highest BCUT2D eigenvalue weighted by Gasteiger charge is 2.17. The van der Waals surface area contributed by atoms with E-state index < -0.39 is 10.0 Å². The normalized spacial score (nSPS) is 11.9. The van der Waals surface area contributed by atoms with E-state index >= 15 is 0 Å². The van der Waals surface area contributed by atoms with Gasteiger partial charge in [-0.15, -0.1) is 11.3 Å². The van der Waals surface area contributed by atoms with Crippen LogP contribution in [0.2, 0.25) is 0 Å². The van der Waals surface area contributed by atoms with E-state index in [9.17, 15) is 8.42 Å². The van der Waals surface area contributed by atoms with Gasteiger partial charge in [0.2, 0.25) is 10.0 Å². The molecule has 0 radical (unpaired) electrons. The summed E-state index contributed by atoms with van der Waals surface area (Å²) in [4.78, 5) is 1.22. The van der Waals surface area contributed by atoms with Crippen LogP contribution >= 0.6 is 11.3 Å². The molecule has 110 valence electrons. The maximum atomic E-state index is 12.2. The number of aryl methyl sites for hydroxylation is 2. The Morgan fingerprint density at radius 3 is 2.80 bits per heavy atom. The van der Waals surface area contributed by atoms with Gasteiger partial charge in [-0.2, -0.15) is 0 Å². The van der Waals surface area contributed by atoms with Crippen LogP contribution in [0.4, 0.5) is 0 Å². The van der Waals surface area contributed by atoms with Crippen molar-refractivity contribution in [2.45, 2.75) is 31.4 Å². The van der Waals surface area contributed by atoms with Crippen LogP contribution in [0, 0.1) is 0 Å². The predicted octanol–water partition coefficient (Wildman–Crippen LogP) is 1.62. The van der Waals surface area contributed by atoms with Gasteiger partial charge in [0.15, 0.2) is 0 Å². The second kappa shape index (κ2) is 6.09. The number of nitrogens with one attached hydrogen (secondary N) is 1. The Hall–Kier alpha value is -1.15. The summed E-state index contributed by atoms with van der Waals surface area (Å²) in [6.45, 7) is 2.16. The Morgan fingerprint density at radius 2 is 2.20 bits per heavy atom. The van der Waals surface area contributed by atoms with Crippen LogP contribution in [-0.2, 0) is 36.6 Å². The minimum Gasteiger partial charge on any atom is -0.390 e. The van der Waals surface area contributed by atoms with Crippen LogP contribution < -0.4 is 4.72 Å². The molecule has 0 spiro atoms. The van der Waals surface area contributed by atoms with Crippen LogP contribution in [0.25, 0.3) is 0 Å². The van der Waals surface area contributed by atoms with Crippen molar-refractivity contribution < 1.29 is 13.5 Å². The van der Waals surface area contributed by atoms with Gasteiger partial charge in [0.1, 0.15) is 0 Å².